The van der Waals surface area contributed by atoms with Crippen molar-refractivity contribution in [1.82, 2.24) is 9.78 Å². The fourth-order valence-corrected chi connectivity index (χ4v) is 5.10. The molecule has 27 heavy (non-hydrogen) atoms. The molecule has 2 aromatic carbocycles. The molecule has 0 radical (unpaired) electrons. The molecule has 1 aliphatic heterocycles. The molecule has 0 amide bonds. The van der Waals surface area contributed by atoms with Crippen LogP contribution in [0.3, 0.4) is 0 Å². The first-order valence-corrected chi connectivity index (χ1v) is 11.5. The van der Waals surface area contributed by atoms with E-state index in [9.17, 15) is 8.42 Å². The number of aliphatic imine (C=N–C) groups is 1. The Kier molecular flexibility index (Phi) is 5.14. The van der Waals surface area contributed by atoms with E-state index < -0.39 is 9.84 Å². The van der Waals surface area contributed by atoms with Crippen molar-refractivity contribution in [3.63, 3.8) is 0 Å². The first-order valence-electron chi connectivity index (χ1n) is 8.65. The van der Waals surface area contributed by atoms with Gasteiger partial charge < -0.3 is 0 Å². The minimum atomic E-state index is -2.94. The topological polar surface area (TPSA) is 64.3 Å². The minimum Gasteiger partial charge on any atom is -0.288 e. The third-order valence-corrected chi connectivity index (χ3v) is 6.98. The summed E-state index contributed by atoms with van der Waals surface area (Å²) >= 11 is 2.28. The predicted octanol–water partition coefficient (Wildman–Crippen LogP) is 3.75. The van der Waals surface area contributed by atoms with Gasteiger partial charge in [-0.2, -0.15) is 5.10 Å². The van der Waals surface area contributed by atoms with E-state index in [0.29, 0.717) is 6.42 Å². The number of nitrogens with zero attached hydrogens (tertiary/aromatic N) is 3. The number of sulfone groups is 1. The van der Waals surface area contributed by atoms with E-state index in [-0.39, 0.29) is 17.5 Å². The molecular weight excluding hydrogens is 473 g/mol. The normalized spacial score (nSPS) is 18.9. The van der Waals surface area contributed by atoms with Gasteiger partial charge in [0.15, 0.2) is 9.84 Å². The summed E-state index contributed by atoms with van der Waals surface area (Å²) in [5.41, 5.74) is 3.68. The molecule has 0 aliphatic carbocycles. The number of benzene rings is 2. The highest BCUT2D eigenvalue weighted by Crippen LogP contribution is 2.24. The molecule has 0 N–H and O–H groups in total. The van der Waals surface area contributed by atoms with Crippen LogP contribution in [0.1, 0.15) is 12.0 Å². The van der Waals surface area contributed by atoms with E-state index in [2.05, 4.69) is 27.6 Å². The van der Waals surface area contributed by atoms with Crippen molar-refractivity contribution >= 4 is 38.6 Å². The second-order valence-electron chi connectivity index (χ2n) is 6.56. The van der Waals surface area contributed by atoms with Crippen molar-refractivity contribution in [2.45, 2.75) is 12.5 Å². The monoisotopic (exact) mass is 491 g/mol. The summed E-state index contributed by atoms with van der Waals surface area (Å²) in [6.45, 7) is 0. The van der Waals surface area contributed by atoms with Gasteiger partial charge in [-0.05, 0) is 53.3 Å². The van der Waals surface area contributed by atoms with Crippen LogP contribution in [0, 0.1) is 3.57 Å². The molecule has 138 valence electrons. The Morgan fingerprint density at radius 2 is 1.85 bits per heavy atom. The van der Waals surface area contributed by atoms with E-state index in [1.165, 1.54) is 0 Å². The van der Waals surface area contributed by atoms with Crippen molar-refractivity contribution in [1.29, 1.82) is 0 Å². The molecule has 0 bridgehead atoms. The molecule has 1 fully saturated rings. The fraction of sp³-hybridized carbons (Fsp3) is 0.200. The van der Waals surface area contributed by atoms with Crippen molar-refractivity contribution in [3.05, 3.63) is 69.9 Å². The van der Waals surface area contributed by atoms with Gasteiger partial charge in [-0.3, -0.25) is 4.99 Å². The molecular formula is C20H18IN3O2S. The maximum absolute atomic E-state index is 11.7. The maximum atomic E-state index is 11.7. The zero-order valence-corrected chi connectivity index (χ0v) is 17.5. The fourth-order valence-electron chi connectivity index (χ4n) is 3.11. The molecule has 3 aromatic rings. The van der Waals surface area contributed by atoms with Gasteiger partial charge in [-0.25, -0.2) is 13.1 Å². The lowest BCUT2D eigenvalue weighted by atomic mass is 10.1. The Hall–Kier alpha value is -2.00. The molecule has 1 atom stereocenters. The van der Waals surface area contributed by atoms with Gasteiger partial charge in [-0.1, -0.05) is 30.3 Å². The summed E-state index contributed by atoms with van der Waals surface area (Å²) in [7, 11) is -2.94. The summed E-state index contributed by atoms with van der Waals surface area (Å²) in [5.74, 6) is 0.359. The summed E-state index contributed by atoms with van der Waals surface area (Å²) in [5, 5.41) is 4.76. The summed E-state index contributed by atoms with van der Waals surface area (Å²) < 4.78 is 26.3. The molecule has 1 aromatic heterocycles. The van der Waals surface area contributed by atoms with Crippen LogP contribution in [0.25, 0.3) is 16.9 Å². The molecule has 1 aliphatic rings. The van der Waals surface area contributed by atoms with Gasteiger partial charge >= 0.3 is 0 Å². The van der Waals surface area contributed by atoms with Crippen molar-refractivity contribution in [3.8, 4) is 16.9 Å². The number of hydrogen-bond donors (Lipinski definition) is 0. The van der Waals surface area contributed by atoms with Gasteiger partial charge in [0.25, 0.3) is 0 Å². The van der Waals surface area contributed by atoms with Crippen molar-refractivity contribution in [2.75, 3.05) is 11.5 Å². The summed E-state index contributed by atoms with van der Waals surface area (Å²) in [6, 6.07) is 17.9. The lowest BCUT2D eigenvalue weighted by molar-refractivity contribution is 0.601. The zero-order chi connectivity index (χ0) is 18.9. The lowest BCUT2D eigenvalue weighted by Crippen LogP contribution is -2.07. The number of aromatic nitrogens is 2. The smallest absolute Gasteiger partial charge is 0.152 e. The van der Waals surface area contributed by atoms with Gasteiger partial charge in [0.1, 0.15) is 5.69 Å². The van der Waals surface area contributed by atoms with Gasteiger partial charge in [0.05, 0.1) is 23.2 Å². The summed E-state index contributed by atoms with van der Waals surface area (Å²) in [6.07, 6.45) is 4.30. The Balaban J connectivity index is 1.72. The number of rotatable bonds is 4. The average molecular weight is 491 g/mol. The third-order valence-electron chi connectivity index (χ3n) is 4.51. The Morgan fingerprint density at radius 3 is 2.52 bits per heavy atom. The SMILES string of the molecule is O=S1(=O)CCC(N=Cc2cn(-c3ccccc3)nc2-c2ccc(I)cc2)C1. The lowest BCUT2D eigenvalue weighted by Gasteiger charge is -2.01. The molecule has 7 heteroatoms. The van der Waals surface area contributed by atoms with Gasteiger partial charge in [0.2, 0.25) is 0 Å². The van der Waals surface area contributed by atoms with Crippen molar-refractivity contribution in [2.24, 2.45) is 4.99 Å². The molecule has 2 heterocycles. The number of para-hydroxylation sites is 1. The summed E-state index contributed by atoms with van der Waals surface area (Å²) in [4.78, 5) is 4.54. The molecule has 0 spiro atoms. The predicted molar refractivity (Wildman–Crippen MR) is 116 cm³/mol. The average Bonchev–Trinajstić information content (AvgIpc) is 3.24. The highest BCUT2D eigenvalue weighted by Gasteiger charge is 2.27. The van der Waals surface area contributed by atoms with Crippen LogP contribution in [-0.4, -0.2) is 42.0 Å². The minimum absolute atomic E-state index is 0.134. The van der Waals surface area contributed by atoms with Crippen LogP contribution < -0.4 is 0 Å². The Labute approximate surface area is 172 Å². The molecule has 0 saturated carbocycles. The second kappa shape index (κ2) is 7.55. The molecule has 5 nitrogen and oxygen atoms in total. The van der Waals surface area contributed by atoms with E-state index in [4.69, 9.17) is 5.10 Å². The first kappa shape index (κ1) is 18.4. The standard InChI is InChI=1S/C20H18IN3O2S/c21-17-8-6-15(7-9-17)20-16(12-22-18-10-11-27(25,26)14-18)13-24(23-20)19-4-2-1-3-5-19/h1-9,12-13,18H,10-11,14H2. The van der Waals surface area contributed by atoms with Crippen LogP contribution in [0.2, 0.25) is 0 Å². The quantitative estimate of drug-likeness (QED) is 0.413. The van der Waals surface area contributed by atoms with Crippen LogP contribution in [0.5, 0.6) is 0 Å². The number of halogens is 1. The Morgan fingerprint density at radius 1 is 1.11 bits per heavy atom. The zero-order valence-electron chi connectivity index (χ0n) is 14.5. The van der Waals surface area contributed by atoms with E-state index in [1.807, 2.05) is 65.5 Å². The Bertz CT molecular complexity index is 1070. The molecule has 4 rings (SSSR count). The van der Waals surface area contributed by atoms with Crippen LogP contribution in [0.4, 0.5) is 0 Å². The highest BCUT2D eigenvalue weighted by atomic mass is 127. The second-order valence-corrected chi connectivity index (χ2v) is 10.0. The van der Waals surface area contributed by atoms with Crippen LogP contribution >= 0.6 is 22.6 Å². The van der Waals surface area contributed by atoms with Crippen molar-refractivity contribution < 1.29 is 8.42 Å². The van der Waals surface area contributed by atoms with Crippen LogP contribution in [0.15, 0.2) is 65.8 Å². The highest BCUT2D eigenvalue weighted by molar-refractivity contribution is 14.1. The van der Waals surface area contributed by atoms with E-state index >= 15 is 0 Å². The largest absolute Gasteiger partial charge is 0.288 e. The third kappa shape index (κ3) is 4.30. The van der Waals surface area contributed by atoms with E-state index in [0.717, 1.165) is 26.1 Å². The van der Waals surface area contributed by atoms with E-state index in [1.54, 1.807) is 6.21 Å². The maximum Gasteiger partial charge on any atom is 0.152 e. The van der Waals surface area contributed by atoms with Crippen LogP contribution in [-0.2, 0) is 9.84 Å². The molecule has 1 unspecified atom stereocenters. The number of hydrogen-bond acceptors (Lipinski definition) is 4. The first-order chi connectivity index (χ1) is 13.0. The van der Waals surface area contributed by atoms with Gasteiger partial charge in [0, 0.05) is 27.1 Å². The van der Waals surface area contributed by atoms with Gasteiger partial charge in [-0.15, -0.1) is 0 Å². The molecule has 1 saturated heterocycles.